The van der Waals surface area contributed by atoms with E-state index in [9.17, 15) is 4.79 Å². The predicted molar refractivity (Wildman–Crippen MR) is 105 cm³/mol. The molecule has 1 atom stereocenters. The number of hydrogen-bond donors (Lipinski definition) is 1. The molecule has 6 nitrogen and oxygen atoms in total. The summed E-state index contributed by atoms with van der Waals surface area (Å²) in [4.78, 5) is 21.8. The molecule has 1 N–H and O–H groups in total. The van der Waals surface area contributed by atoms with Gasteiger partial charge in [-0.1, -0.05) is 42.4 Å². The van der Waals surface area contributed by atoms with E-state index in [1.54, 1.807) is 23.6 Å². The fourth-order valence-corrected chi connectivity index (χ4v) is 3.64. The van der Waals surface area contributed by atoms with Crippen LogP contribution in [-0.4, -0.2) is 27.6 Å². The van der Waals surface area contributed by atoms with Gasteiger partial charge in [-0.3, -0.25) is 4.79 Å². The SMILES string of the molecule is Cc1noc2nc(-c3ccccc3)cc(C(=O)NCC(C)c3nccs3)c12. The van der Waals surface area contributed by atoms with Gasteiger partial charge in [-0.15, -0.1) is 11.3 Å². The fraction of sp³-hybridized carbons (Fsp3) is 0.200. The van der Waals surface area contributed by atoms with Crippen LogP contribution in [0.2, 0.25) is 0 Å². The second kappa shape index (κ2) is 7.28. The Balaban J connectivity index is 1.67. The first-order chi connectivity index (χ1) is 13.1. The van der Waals surface area contributed by atoms with Crippen molar-refractivity contribution in [2.24, 2.45) is 0 Å². The zero-order valence-corrected chi connectivity index (χ0v) is 15.8. The second-order valence-electron chi connectivity index (χ2n) is 6.35. The summed E-state index contributed by atoms with van der Waals surface area (Å²) in [6.45, 7) is 4.35. The maximum atomic E-state index is 12.9. The summed E-state index contributed by atoms with van der Waals surface area (Å²) >= 11 is 1.59. The molecule has 0 bridgehead atoms. The normalized spacial score (nSPS) is 12.2. The molecule has 0 aliphatic carbocycles. The first kappa shape index (κ1) is 17.4. The minimum atomic E-state index is -0.172. The van der Waals surface area contributed by atoms with Gasteiger partial charge in [0.1, 0.15) is 0 Å². The molecular weight excluding hydrogens is 360 g/mol. The number of nitrogens with one attached hydrogen (secondary N) is 1. The lowest BCUT2D eigenvalue weighted by molar-refractivity contribution is 0.0953. The lowest BCUT2D eigenvalue weighted by Crippen LogP contribution is -2.27. The van der Waals surface area contributed by atoms with Gasteiger partial charge in [0.25, 0.3) is 11.6 Å². The molecule has 1 unspecified atom stereocenters. The summed E-state index contributed by atoms with van der Waals surface area (Å²) in [5, 5.41) is 10.6. The van der Waals surface area contributed by atoms with Crippen molar-refractivity contribution in [3.05, 3.63) is 64.2 Å². The van der Waals surface area contributed by atoms with E-state index in [0.717, 1.165) is 10.6 Å². The molecule has 0 spiro atoms. The number of benzene rings is 1. The maximum Gasteiger partial charge on any atom is 0.259 e. The number of carbonyl (C=O) groups excluding carboxylic acids is 1. The Morgan fingerprint density at radius 3 is 2.85 bits per heavy atom. The summed E-state index contributed by atoms with van der Waals surface area (Å²) in [6.07, 6.45) is 1.78. The highest BCUT2D eigenvalue weighted by molar-refractivity contribution is 7.09. The Morgan fingerprint density at radius 1 is 1.30 bits per heavy atom. The number of fused-ring (bicyclic) bond motifs is 1. The van der Waals surface area contributed by atoms with E-state index in [0.29, 0.717) is 34.6 Å². The van der Waals surface area contributed by atoms with Crippen LogP contribution < -0.4 is 5.32 Å². The summed E-state index contributed by atoms with van der Waals surface area (Å²) in [5.41, 5.74) is 3.13. The monoisotopic (exact) mass is 378 g/mol. The Bertz CT molecular complexity index is 1070. The Kier molecular flexibility index (Phi) is 4.68. The van der Waals surface area contributed by atoms with Crippen LogP contribution in [0.25, 0.3) is 22.4 Å². The topological polar surface area (TPSA) is 80.9 Å². The second-order valence-corrected chi connectivity index (χ2v) is 7.28. The first-order valence-electron chi connectivity index (χ1n) is 8.63. The Labute approximate surface area is 160 Å². The van der Waals surface area contributed by atoms with E-state index in [2.05, 4.69) is 20.4 Å². The number of carbonyl (C=O) groups is 1. The molecule has 136 valence electrons. The van der Waals surface area contributed by atoms with Crippen molar-refractivity contribution in [3.8, 4) is 11.3 Å². The van der Waals surface area contributed by atoms with Crippen molar-refractivity contribution in [1.29, 1.82) is 0 Å². The highest BCUT2D eigenvalue weighted by Gasteiger charge is 2.20. The van der Waals surface area contributed by atoms with Crippen LogP contribution >= 0.6 is 11.3 Å². The van der Waals surface area contributed by atoms with Gasteiger partial charge in [0.2, 0.25) is 0 Å². The van der Waals surface area contributed by atoms with Crippen LogP contribution in [0.15, 0.2) is 52.5 Å². The highest BCUT2D eigenvalue weighted by atomic mass is 32.1. The largest absolute Gasteiger partial charge is 0.351 e. The Morgan fingerprint density at radius 2 is 2.11 bits per heavy atom. The number of pyridine rings is 1. The molecule has 0 saturated heterocycles. The zero-order valence-electron chi connectivity index (χ0n) is 15.0. The summed E-state index contributed by atoms with van der Waals surface area (Å²) < 4.78 is 5.34. The number of amides is 1. The van der Waals surface area contributed by atoms with Crippen molar-refractivity contribution >= 4 is 28.3 Å². The summed E-state index contributed by atoms with van der Waals surface area (Å²) in [5.74, 6) is -0.0299. The average molecular weight is 378 g/mol. The molecule has 0 fully saturated rings. The van der Waals surface area contributed by atoms with Crippen molar-refractivity contribution < 1.29 is 9.32 Å². The van der Waals surface area contributed by atoms with Crippen LogP contribution in [0.1, 0.15) is 33.9 Å². The number of aromatic nitrogens is 3. The molecule has 0 saturated carbocycles. The standard InChI is InChI=1S/C20H18N4O2S/c1-12(20-21-8-9-27-20)11-22-18(25)15-10-16(14-6-4-3-5-7-14)23-19-17(15)13(2)24-26-19/h3-10,12H,11H2,1-2H3,(H,22,25). The van der Waals surface area contributed by atoms with E-state index in [1.807, 2.05) is 49.6 Å². The van der Waals surface area contributed by atoms with E-state index in [1.165, 1.54) is 0 Å². The predicted octanol–water partition coefficient (Wildman–Crippen LogP) is 4.19. The van der Waals surface area contributed by atoms with E-state index in [4.69, 9.17) is 4.52 Å². The van der Waals surface area contributed by atoms with Crippen LogP contribution in [0.4, 0.5) is 0 Å². The van der Waals surface area contributed by atoms with Gasteiger partial charge in [0.15, 0.2) is 0 Å². The van der Waals surface area contributed by atoms with E-state index >= 15 is 0 Å². The quantitative estimate of drug-likeness (QED) is 0.563. The molecule has 1 amide bonds. The van der Waals surface area contributed by atoms with Gasteiger partial charge in [0, 0.05) is 29.6 Å². The Hall–Kier alpha value is -3.06. The molecule has 0 aliphatic heterocycles. The minimum Gasteiger partial charge on any atom is -0.351 e. The molecule has 1 aromatic carbocycles. The smallest absolute Gasteiger partial charge is 0.259 e. The molecular formula is C20H18N4O2S. The maximum absolute atomic E-state index is 12.9. The third-order valence-electron chi connectivity index (χ3n) is 4.37. The van der Waals surface area contributed by atoms with Crippen molar-refractivity contribution in [3.63, 3.8) is 0 Å². The van der Waals surface area contributed by atoms with Gasteiger partial charge in [-0.2, -0.15) is 0 Å². The van der Waals surface area contributed by atoms with Crippen molar-refractivity contribution in [2.45, 2.75) is 19.8 Å². The molecule has 4 aromatic rings. The van der Waals surface area contributed by atoms with Crippen LogP contribution in [0.5, 0.6) is 0 Å². The van der Waals surface area contributed by atoms with Crippen molar-refractivity contribution in [1.82, 2.24) is 20.4 Å². The third kappa shape index (κ3) is 3.46. The molecule has 0 aliphatic rings. The molecule has 27 heavy (non-hydrogen) atoms. The van der Waals surface area contributed by atoms with Crippen molar-refractivity contribution in [2.75, 3.05) is 6.54 Å². The van der Waals surface area contributed by atoms with Crippen LogP contribution in [-0.2, 0) is 0 Å². The van der Waals surface area contributed by atoms with E-state index in [-0.39, 0.29) is 11.8 Å². The number of aryl methyl sites for hydroxylation is 1. The molecule has 4 rings (SSSR count). The fourth-order valence-electron chi connectivity index (χ4n) is 2.94. The van der Waals surface area contributed by atoms with Gasteiger partial charge >= 0.3 is 0 Å². The molecule has 3 aromatic heterocycles. The number of rotatable bonds is 5. The zero-order chi connectivity index (χ0) is 18.8. The lowest BCUT2D eigenvalue weighted by Gasteiger charge is -2.11. The van der Waals surface area contributed by atoms with E-state index < -0.39 is 0 Å². The number of hydrogen-bond acceptors (Lipinski definition) is 6. The molecule has 3 heterocycles. The highest BCUT2D eigenvalue weighted by Crippen LogP contribution is 2.27. The third-order valence-corrected chi connectivity index (χ3v) is 5.38. The number of nitrogens with zero attached hydrogens (tertiary/aromatic N) is 3. The minimum absolute atomic E-state index is 0.142. The van der Waals surface area contributed by atoms with Gasteiger partial charge < -0.3 is 9.84 Å². The van der Waals surface area contributed by atoms with Gasteiger partial charge in [-0.05, 0) is 13.0 Å². The average Bonchev–Trinajstić information content (AvgIpc) is 3.36. The first-order valence-corrected chi connectivity index (χ1v) is 9.51. The van der Waals surface area contributed by atoms with Crippen LogP contribution in [0, 0.1) is 6.92 Å². The molecule has 0 radical (unpaired) electrons. The van der Waals surface area contributed by atoms with Gasteiger partial charge in [-0.25, -0.2) is 9.97 Å². The number of thiazole rings is 1. The molecule has 7 heteroatoms. The van der Waals surface area contributed by atoms with Gasteiger partial charge in [0.05, 0.1) is 27.3 Å². The summed E-state index contributed by atoms with van der Waals surface area (Å²) in [6, 6.07) is 11.5. The summed E-state index contributed by atoms with van der Waals surface area (Å²) in [7, 11) is 0. The lowest BCUT2D eigenvalue weighted by atomic mass is 10.0. The van der Waals surface area contributed by atoms with Crippen LogP contribution in [0.3, 0.4) is 0 Å².